The fourth-order valence-corrected chi connectivity index (χ4v) is 2.52. The Balaban J connectivity index is 2.66. The third-order valence-electron chi connectivity index (χ3n) is 2.37. The van der Waals surface area contributed by atoms with Crippen molar-refractivity contribution in [2.75, 3.05) is 7.11 Å². The molecule has 0 aliphatic carbocycles. The molecule has 0 saturated heterocycles. The van der Waals surface area contributed by atoms with Crippen molar-refractivity contribution in [1.29, 1.82) is 0 Å². The zero-order chi connectivity index (χ0) is 14.0. The van der Waals surface area contributed by atoms with Gasteiger partial charge in [-0.2, -0.15) is 0 Å². The molecule has 8 heteroatoms. The lowest BCUT2D eigenvalue weighted by molar-refractivity contribution is -0.383. The molecule has 0 radical (unpaired) electrons. The number of pyridine rings is 1. The maximum atomic E-state index is 11.0. The lowest BCUT2D eigenvalue weighted by atomic mass is 10.2. The number of hydrogen-bond acceptors (Lipinski definition) is 6. The van der Waals surface area contributed by atoms with Crippen LogP contribution in [0.5, 0.6) is 5.75 Å². The topological polar surface area (TPSA) is 103 Å². The first kappa shape index (κ1) is 13.0. The molecule has 0 saturated carbocycles. The molecule has 2 rings (SSSR count). The van der Waals surface area contributed by atoms with Crippen LogP contribution in [0.3, 0.4) is 0 Å². The Kier molecular flexibility index (Phi) is 3.43. The lowest BCUT2D eigenvalue weighted by Gasteiger charge is -2.04. The van der Waals surface area contributed by atoms with E-state index in [-0.39, 0.29) is 15.4 Å². The highest BCUT2D eigenvalue weighted by atomic mass is 32.1. The van der Waals surface area contributed by atoms with Crippen molar-refractivity contribution in [1.82, 2.24) is 4.98 Å². The van der Waals surface area contributed by atoms with Crippen LogP contribution in [-0.2, 0) is 0 Å². The van der Waals surface area contributed by atoms with Gasteiger partial charge in [0.15, 0.2) is 0 Å². The molecule has 19 heavy (non-hydrogen) atoms. The minimum atomic E-state index is -1.21. The summed E-state index contributed by atoms with van der Waals surface area (Å²) in [5.41, 5.74) is 0.128. The van der Waals surface area contributed by atoms with Gasteiger partial charge in [0.25, 0.3) is 5.69 Å². The highest BCUT2D eigenvalue weighted by Gasteiger charge is 2.25. The second-order valence-corrected chi connectivity index (χ2v) is 4.52. The molecule has 0 atom stereocenters. The Labute approximate surface area is 111 Å². The van der Waals surface area contributed by atoms with Crippen molar-refractivity contribution in [3.63, 3.8) is 0 Å². The van der Waals surface area contributed by atoms with Gasteiger partial charge in [-0.3, -0.25) is 15.1 Å². The molecule has 0 aromatic carbocycles. The number of aromatic nitrogens is 1. The average molecular weight is 280 g/mol. The predicted molar refractivity (Wildman–Crippen MR) is 67.7 cm³/mol. The maximum absolute atomic E-state index is 11.0. The summed E-state index contributed by atoms with van der Waals surface area (Å²) in [7, 11) is 1.43. The molecule has 0 aliphatic heterocycles. The number of nitro groups is 1. The minimum Gasteiger partial charge on any atom is -0.496 e. The minimum absolute atomic E-state index is 0.104. The zero-order valence-electron chi connectivity index (χ0n) is 9.69. The summed E-state index contributed by atoms with van der Waals surface area (Å²) in [6, 6.07) is 2.59. The first-order chi connectivity index (χ1) is 9.04. The Hall–Kier alpha value is -2.48. The van der Waals surface area contributed by atoms with E-state index in [1.807, 2.05) is 0 Å². The van der Waals surface area contributed by atoms with Crippen molar-refractivity contribution in [3.8, 4) is 16.2 Å². The van der Waals surface area contributed by atoms with Crippen LogP contribution in [0.25, 0.3) is 10.4 Å². The molecule has 7 nitrogen and oxygen atoms in total. The number of thiophene rings is 1. The van der Waals surface area contributed by atoms with E-state index in [0.717, 1.165) is 17.4 Å². The standard InChI is InChI=1S/C11H8N2O5S/c1-18-8-2-3-12-5-6(8)10-7(13(16)17)4-9(19-10)11(14)15/h2-5H,1H3,(H,14,15). The maximum Gasteiger partial charge on any atom is 0.346 e. The number of carboxylic acids is 1. The smallest absolute Gasteiger partial charge is 0.346 e. The van der Waals surface area contributed by atoms with Gasteiger partial charge in [-0.15, -0.1) is 11.3 Å². The van der Waals surface area contributed by atoms with Gasteiger partial charge >= 0.3 is 5.97 Å². The molecule has 0 bridgehead atoms. The normalized spacial score (nSPS) is 10.2. The summed E-state index contributed by atoms with van der Waals surface area (Å²) in [5.74, 6) is -0.806. The van der Waals surface area contributed by atoms with Gasteiger partial charge in [0, 0.05) is 18.5 Å². The SMILES string of the molecule is COc1ccncc1-c1sc(C(=O)O)cc1[N+](=O)[O-]. The van der Waals surface area contributed by atoms with Crippen molar-refractivity contribution < 1.29 is 19.6 Å². The molecule has 98 valence electrons. The number of ether oxygens (including phenoxy) is 1. The van der Waals surface area contributed by atoms with E-state index >= 15 is 0 Å². The summed E-state index contributed by atoms with van der Waals surface area (Å²) in [6.07, 6.45) is 2.89. The number of aromatic carboxylic acids is 1. The first-order valence-electron chi connectivity index (χ1n) is 5.04. The van der Waals surface area contributed by atoms with Gasteiger partial charge in [-0.05, 0) is 6.07 Å². The molecule has 0 unspecified atom stereocenters. The van der Waals surface area contributed by atoms with Gasteiger partial charge in [0.2, 0.25) is 0 Å². The van der Waals surface area contributed by atoms with Crippen LogP contribution in [0.2, 0.25) is 0 Å². The van der Waals surface area contributed by atoms with Crippen LogP contribution < -0.4 is 4.74 Å². The Bertz CT molecular complexity index is 652. The molecule has 2 aromatic heterocycles. The lowest BCUT2D eigenvalue weighted by Crippen LogP contribution is -1.91. The Morgan fingerprint density at radius 1 is 1.58 bits per heavy atom. The molecule has 0 spiro atoms. The second-order valence-electron chi connectivity index (χ2n) is 3.46. The quantitative estimate of drug-likeness (QED) is 0.681. The van der Waals surface area contributed by atoms with Crippen LogP contribution in [0.1, 0.15) is 9.67 Å². The number of carbonyl (C=O) groups is 1. The van der Waals surface area contributed by atoms with E-state index in [2.05, 4.69) is 4.98 Å². The van der Waals surface area contributed by atoms with E-state index in [9.17, 15) is 14.9 Å². The molecule has 1 N–H and O–H groups in total. The van der Waals surface area contributed by atoms with Crippen molar-refractivity contribution in [2.24, 2.45) is 0 Å². The number of nitrogens with zero attached hydrogens (tertiary/aromatic N) is 2. The van der Waals surface area contributed by atoms with Crippen LogP contribution in [0, 0.1) is 10.1 Å². The number of carboxylic acid groups (broad SMARTS) is 1. The fourth-order valence-electron chi connectivity index (χ4n) is 1.55. The average Bonchev–Trinajstić information content (AvgIpc) is 2.83. The van der Waals surface area contributed by atoms with Gasteiger partial charge in [-0.1, -0.05) is 0 Å². The monoisotopic (exact) mass is 280 g/mol. The molecule has 0 amide bonds. The Morgan fingerprint density at radius 2 is 2.32 bits per heavy atom. The molecule has 2 aromatic rings. The van der Waals surface area contributed by atoms with Crippen LogP contribution >= 0.6 is 11.3 Å². The van der Waals surface area contributed by atoms with Crippen LogP contribution in [0.4, 0.5) is 5.69 Å². The largest absolute Gasteiger partial charge is 0.496 e. The van der Waals surface area contributed by atoms with E-state index in [0.29, 0.717) is 11.3 Å². The van der Waals surface area contributed by atoms with Gasteiger partial charge < -0.3 is 9.84 Å². The van der Waals surface area contributed by atoms with Gasteiger partial charge in [0.1, 0.15) is 15.5 Å². The summed E-state index contributed by atoms with van der Waals surface area (Å²) in [6.45, 7) is 0. The van der Waals surface area contributed by atoms with Crippen LogP contribution in [0.15, 0.2) is 24.5 Å². The first-order valence-corrected chi connectivity index (χ1v) is 5.86. The molecule has 0 aliphatic rings. The molecule has 0 fully saturated rings. The number of hydrogen-bond donors (Lipinski definition) is 1. The van der Waals surface area contributed by atoms with E-state index < -0.39 is 10.9 Å². The number of rotatable bonds is 4. The van der Waals surface area contributed by atoms with Gasteiger partial charge in [0.05, 0.1) is 17.6 Å². The summed E-state index contributed by atoms with van der Waals surface area (Å²) in [4.78, 5) is 25.3. The van der Waals surface area contributed by atoms with E-state index in [1.54, 1.807) is 6.07 Å². The van der Waals surface area contributed by atoms with Gasteiger partial charge in [-0.25, -0.2) is 4.79 Å². The Morgan fingerprint density at radius 3 is 2.89 bits per heavy atom. The fraction of sp³-hybridized carbons (Fsp3) is 0.0909. The summed E-state index contributed by atoms with van der Waals surface area (Å²) < 4.78 is 5.10. The highest BCUT2D eigenvalue weighted by molar-refractivity contribution is 7.18. The summed E-state index contributed by atoms with van der Waals surface area (Å²) >= 11 is 0.817. The second kappa shape index (κ2) is 5.02. The van der Waals surface area contributed by atoms with E-state index in [4.69, 9.17) is 9.84 Å². The summed E-state index contributed by atoms with van der Waals surface area (Å²) in [5, 5.41) is 19.9. The zero-order valence-corrected chi connectivity index (χ0v) is 10.5. The van der Waals surface area contributed by atoms with Crippen molar-refractivity contribution >= 4 is 23.0 Å². The highest BCUT2D eigenvalue weighted by Crippen LogP contribution is 2.41. The van der Waals surface area contributed by atoms with E-state index in [1.165, 1.54) is 19.5 Å². The number of methoxy groups -OCH3 is 1. The van der Waals surface area contributed by atoms with Crippen LogP contribution in [-0.4, -0.2) is 28.1 Å². The van der Waals surface area contributed by atoms with Crippen molar-refractivity contribution in [2.45, 2.75) is 0 Å². The molecular weight excluding hydrogens is 272 g/mol. The molecule has 2 heterocycles. The third kappa shape index (κ3) is 2.38. The van der Waals surface area contributed by atoms with Crippen molar-refractivity contribution in [3.05, 3.63) is 39.5 Å². The third-order valence-corrected chi connectivity index (χ3v) is 3.51. The predicted octanol–water partition coefficient (Wildman–Crippen LogP) is 2.43. The molecular formula is C11H8N2O5S.